The third-order valence-corrected chi connectivity index (χ3v) is 2.07. The number of rotatable bonds is 1. The molecule has 0 aliphatic heterocycles. The summed E-state index contributed by atoms with van der Waals surface area (Å²) in [6, 6.07) is 1.90. The number of phenolic OH excluding ortho intramolecular Hbond substituents is 1. The lowest BCUT2D eigenvalue weighted by Crippen LogP contribution is -1.88. The Balaban J connectivity index is 2.51. The van der Waals surface area contributed by atoms with E-state index in [-0.39, 0.29) is 11.7 Å². The third kappa shape index (κ3) is 1.15. The zero-order chi connectivity index (χ0) is 8.72. The van der Waals surface area contributed by atoms with Crippen molar-refractivity contribution in [2.75, 3.05) is 0 Å². The number of hydrogen-bond acceptors (Lipinski definition) is 1. The van der Waals surface area contributed by atoms with Gasteiger partial charge in [-0.05, 0) is 24.8 Å². The highest BCUT2D eigenvalue weighted by atomic mass is 19.1. The fourth-order valence-electron chi connectivity index (χ4n) is 1.29. The second kappa shape index (κ2) is 2.44. The van der Waals surface area contributed by atoms with Gasteiger partial charge in [0.15, 0.2) is 11.6 Å². The Bertz CT molecular complexity index is 319. The van der Waals surface area contributed by atoms with Crippen molar-refractivity contribution in [1.82, 2.24) is 0 Å². The molecule has 0 radical (unpaired) electrons. The minimum absolute atomic E-state index is 0.162. The van der Waals surface area contributed by atoms with Crippen LogP contribution in [0, 0.1) is 11.6 Å². The van der Waals surface area contributed by atoms with Crippen LogP contribution in [0.4, 0.5) is 8.78 Å². The van der Waals surface area contributed by atoms with E-state index in [0.717, 1.165) is 12.8 Å². The quantitative estimate of drug-likeness (QED) is 0.686. The van der Waals surface area contributed by atoms with Crippen LogP contribution in [0.2, 0.25) is 0 Å². The lowest BCUT2D eigenvalue weighted by atomic mass is 10.1. The molecule has 0 unspecified atom stereocenters. The first-order valence-electron chi connectivity index (χ1n) is 3.86. The Morgan fingerprint density at radius 2 is 1.92 bits per heavy atom. The molecule has 1 N–H and O–H groups in total. The van der Waals surface area contributed by atoms with Crippen molar-refractivity contribution in [2.45, 2.75) is 18.8 Å². The maximum absolute atomic E-state index is 12.7. The number of aromatic hydroxyl groups is 1. The molecular formula is C9H8F2O. The molecule has 1 fully saturated rings. The molecule has 1 aromatic carbocycles. The summed E-state index contributed by atoms with van der Waals surface area (Å²) >= 11 is 0. The molecule has 0 heterocycles. The largest absolute Gasteiger partial charge is 0.505 e. The van der Waals surface area contributed by atoms with Crippen molar-refractivity contribution in [3.05, 3.63) is 29.3 Å². The number of benzene rings is 1. The Morgan fingerprint density at radius 1 is 1.25 bits per heavy atom. The zero-order valence-corrected chi connectivity index (χ0v) is 6.35. The Kier molecular flexibility index (Phi) is 1.53. The van der Waals surface area contributed by atoms with Crippen molar-refractivity contribution in [3.8, 4) is 5.75 Å². The Hall–Kier alpha value is -1.12. The standard InChI is InChI=1S/C9H8F2O/c10-6-3-7(5-1-2-5)9(12)8(11)4-6/h3-5,12H,1-2H2. The summed E-state index contributed by atoms with van der Waals surface area (Å²) in [6.07, 6.45) is 1.83. The maximum atomic E-state index is 12.7. The van der Waals surface area contributed by atoms with E-state index in [9.17, 15) is 13.9 Å². The fraction of sp³-hybridized carbons (Fsp3) is 0.333. The van der Waals surface area contributed by atoms with Gasteiger partial charge >= 0.3 is 0 Å². The molecular weight excluding hydrogens is 162 g/mol. The first kappa shape index (κ1) is 7.53. The van der Waals surface area contributed by atoms with Crippen LogP contribution in [-0.2, 0) is 0 Å². The van der Waals surface area contributed by atoms with E-state index in [1.807, 2.05) is 0 Å². The van der Waals surface area contributed by atoms with Gasteiger partial charge in [-0.3, -0.25) is 0 Å². The molecule has 0 bridgehead atoms. The van der Waals surface area contributed by atoms with Crippen molar-refractivity contribution in [2.24, 2.45) is 0 Å². The van der Waals surface area contributed by atoms with Crippen LogP contribution in [0.3, 0.4) is 0 Å². The van der Waals surface area contributed by atoms with Crippen molar-refractivity contribution in [1.29, 1.82) is 0 Å². The molecule has 0 atom stereocenters. The van der Waals surface area contributed by atoms with Gasteiger partial charge in [-0.2, -0.15) is 0 Å². The third-order valence-electron chi connectivity index (χ3n) is 2.07. The van der Waals surface area contributed by atoms with E-state index in [2.05, 4.69) is 0 Å². The normalized spacial score (nSPS) is 16.5. The summed E-state index contributed by atoms with van der Waals surface area (Å²) < 4.78 is 25.4. The second-order valence-electron chi connectivity index (χ2n) is 3.10. The summed E-state index contributed by atoms with van der Waals surface area (Å²) in [5, 5.41) is 9.19. The van der Waals surface area contributed by atoms with Crippen LogP contribution in [0.25, 0.3) is 0 Å². The van der Waals surface area contributed by atoms with Crippen LogP contribution in [0.5, 0.6) is 5.75 Å². The van der Waals surface area contributed by atoms with E-state index in [1.165, 1.54) is 6.07 Å². The van der Waals surface area contributed by atoms with Gasteiger partial charge in [-0.15, -0.1) is 0 Å². The van der Waals surface area contributed by atoms with Crippen molar-refractivity contribution < 1.29 is 13.9 Å². The second-order valence-corrected chi connectivity index (χ2v) is 3.10. The molecule has 1 saturated carbocycles. The van der Waals surface area contributed by atoms with Crippen LogP contribution < -0.4 is 0 Å². The molecule has 1 nitrogen and oxygen atoms in total. The number of hydrogen-bond donors (Lipinski definition) is 1. The molecule has 64 valence electrons. The lowest BCUT2D eigenvalue weighted by molar-refractivity contribution is 0.421. The highest BCUT2D eigenvalue weighted by Gasteiger charge is 2.28. The summed E-state index contributed by atoms with van der Waals surface area (Å²) in [5.74, 6) is -1.71. The smallest absolute Gasteiger partial charge is 0.168 e. The van der Waals surface area contributed by atoms with Crippen molar-refractivity contribution >= 4 is 0 Å². The Labute approximate surface area is 68.6 Å². The molecule has 1 aromatic rings. The first-order chi connectivity index (χ1) is 5.68. The highest BCUT2D eigenvalue weighted by Crippen LogP contribution is 2.44. The van der Waals surface area contributed by atoms with Gasteiger partial charge in [0.05, 0.1) is 0 Å². The van der Waals surface area contributed by atoms with Crippen LogP contribution in [-0.4, -0.2) is 5.11 Å². The Morgan fingerprint density at radius 3 is 2.50 bits per heavy atom. The fourth-order valence-corrected chi connectivity index (χ4v) is 1.29. The van der Waals surface area contributed by atoms with Gasteiger partial charge in [-0.25, -0.2) is 8.78 Å². The summed E-state index contributed by atoms with van der Waals surface area (Å²) in [4.78, 5) is 0. The van der Waals surface area contributed by atoms with E-state index in [0.29, 0.717) is 11.6 Å². The van der Waals surface area contributed by atoms with Gasteiger partial charge in [0.25, 0.3) is 0 Å². The molecule has 12 heavy (non-hydrogen) atoms. The topological polar surface area (TPSA) is 20.2 Å². The van der Waals surface area contributed by atoms with Gasteiger partial charge < -0.3 is 5.11 Å². The SMILES string of the molecule is Oc1c(F)cc(F)cc1C1CC1. The summed E-state index contributed by atoms with van der Waals surface area (Å²) in [5.41, 5.74) is 0.410. The van der Waals surface area contributed by atoms with Crippen LogP contribution >= 0.6 is 0 Å². The number of phenols is 1. The molecule has 0 spiro atoms. The molecule has 0 saturated heterocycles. The number of halogens is 2. The monoisotopic (exact) mass is 170 g/mol. The van der Waals surface area contributed by atoms with E-state index in [4.69, 9.17) is 0 Å². The molecule has 3 heteroatoms. The molecule has 0 aromatic heterocycles. The van der Waals surface area contributed by atoms with E-state index < -0.39 is 11.6 Å². The van der Waals surface area contributed by atoms with Gasteiger partial charge in [0.2, 0.25) is 0 Å². The molecule has 2 rings (SSSR count). The van der Waals surface area contributed by atoms with Gasteiger partial charge in [0, 0.05) is 11.6 Å². The summed E-state index contributed by atoms with van der Waals surface area (Å²) in [7, 11) is 0. The minimum atomic E-state index is -0.864. The molecule has 1 aliphatic carbocycles. The van der Waals surface area contributed by atoms with E-state index >= 15 is 0 Å². The summed E-state index contributed by atoms with van der Waals surface area (Å²) in [6.45, 7) is 0. The average Bonchev–Trinajstić information content (AvgIpc) is 2.79. The molecule has 0 amide bonds. The van der Waals surface area contributed by atoms with Gasteiger partial charge in [-0.1, -0.05) is 0 Å². The highest BCUT2D eigenvalue weighted by molar-refractivity contribution is 5.39. The lowest BCUT2D eigenvalue weighted by Gasteiger charge is -2.02. The minimum Gasteiger partial charge on any atom is -0.505 e. The predicted molar refractivity (Wildman–Crippen MR) is 40.0 cm³/mol. The maximum Gasteiger partial charge on any atom is 0.168 e. The van der Waals surface area contributed by atoms with Crippen molar-refractivity contribution in [3.63, 3.8) is 0 Å². The molecule has 1 aliphatic rings. The van der Waals surface area contributed by atoms with Gasteiger partial charge in [0.1, 0.15) is 5.82 Å². The van der Waals surface area contributed by atoms with Crippen LogP contribution in [0.1, 0.15) is 24.3 Å². The van der Waals surface area contributed by atoms with Crippen LogP contribution in [0.15, 0.2) is 12.1 Å². The predicted octanol–water partition coefficient (Wildman–Crippen LogP) is 2.55. The average molecular weight is 170 g/mol. The van der Waals surface area contributed by atoms with E-state index in [1.54, 1.807) is 0 Å². The zero-order valence-electron chi connectivity index (χ0n) is 6.35. The first-order valence-corrected chi connectivity index (χ1v) is 3.86.